The number of hydrogen-bond donors (Lipinski definition) is 1. The molecule has 1 atom stereocenters. The van der Waals surface area contributed by atoms with E-state index in [4.69, 9.17) is 4.74 Å². The van der Waals surface area contributed by atoms with Crippen LogP contribution in [0.5, 0.6) is 11.5 Å². The van der Waals surface area contributed by atoms with Crippen molar-refractivity contribution in [3.8, 4) is 11.5 Å². The topological polar surface area (TPSA) is 75.7 Å². The molecule has 1 amide bonds. The number of sulfonamides is 1. The lowest BCUT2D eigenvalue weighted by molar-refractivity contribution is -0.121. The standard InChI is InChI=1S/C25H28N2O4S/c1-20(25(28)26-19-9-12-21-10-5-3-6-11-21)27(32(2,29)30)22-15-17-24(18-16-22)31-23-13-7-4-8-14-23/h3-8,10-11,13-18,20H,9,12,19H2,1-2H3,(H,26,28)/t20-/m1/s1. The highest BCUT2D eigenvalue weighted by Gasteiger charge is 2.28. The second kappa shape index (κ2) is 10.8. The summed E-state index contributed by atoms with van der Waals surface area (Å²) in [5, 5.41) is 2.85. The Morgan fingerprint density at radius 3 is 2.06 bits per heavy atom. The summed E-state index contributed by atoms with van der Waals surface area (Å²) < 4.78 is 31.9. The van der Waals surface area contributed by atoms with Crippen LogP contribution < -0.4 is 14.4 Å². The Hall–Kier alpha value is -3.32. The Balaban J connectivity index is 1.62. The minimum atomic E-state index is -3.68. The molecule has 0 aliphatic carbocycles. The van der Waals surface area contributed by atoms with E-state index in [0.717, 1.165) is 23.4 Å². The molecule has 0 unspecified atom stereocenters. The van der Waals surface area contributed by atoms with Crippen molar-refractivity contribution in [2.75, 3.05) is 17.1 Å². The maximum absolute atomic E-state index is 12.7. The normalized spacial score (nSPS) is 12.1. The lowest BCUT2D eigenvalue weighted by atomic mass is 10.1. The second-order valence-corrected chi connectivity index (χ2v) is 9.38. The number of anilines is 1. The van der Waals surface area contributed by atoms with Crippen LogP contribution >= 0.6 is 0 Å². The van der Waals surface area contributed by atoms with Crippen molar-refractivity contribution in [3.05, 3.63) is 90.5 Å². The molecule has 0 aliphatic rings. The average Bonchev–Trinajstić information content (AvgIpc) is 2.78. The Bertz CT molecular complexity index is 1100. The molecule has 3 rings (SSSR count). The SMILES string of the molecule is C[C@H](C(=O)NCCCc1ccccc1)N(c1ccc(Oc2ccccc2)cc1)S(C)(=O)=O. The molecular formula is C25H28N2O4S. The van der Waals surface area contributed by atoms with Gasteiger partial charge in [0.25, 0.3) is 0 Å². The molecule has 0 aliphatic heterocycles. The van der Waals surface area contributed by atoms with E-state index >= 15 is 0 Å². The van der Waals surface area contributed by atoms with Crippen molar-refractivity contribution in [2.24, 2.45) is 0 Å². The lowest BCUT2D eigenvalue weighted by Gasteiger charge is -2.28. The molecular weight excluding hydrogens is 424 g/mol. The van der Waals surface area contributed by atoms with Crippen molar-refractivity contribution in [1.29, 1.82) is 0 Å². The third kappa shape index (κ3) is 6.59. The summed E-state index contributed by atoms with van der Waals surface area (Å²) in [5.41, 5.74) is 1.60. The molecule has 0 fully saturated rings. The van der Waals surface area contributed by atoms with Crippen LogP contribution in [0.2, 0.25) is 0 Å². The van der Waals surface area contributed by atoms with Gasteiger partial charge in [0, 0.05) is 6.54 Å². The highest BCUT2D eigenvalue weighted by atomic mass is 32.2. The average molecular weight is 453 g/mol. The maximum Gasteiger partial charge on any atom is 0.243 e. The fourth-order valence-electron chi connectivity index (χ4n) is 3.39. The largest absolute Gasteiger partial charge is 0.457 e. The summed E-state index contributed by atoms with van der Waals surface area (Å²) in [5.74, 6) is 0.919. The Morgan fingerprint density at radius 2 is 1.47 bits per heavy atom. The van der Waals surface area contributed by atoms with Gasteiger partial charge in [-0.1, -0.05) is 48.5 Å². The van der Waals surface area contributed by atoms with Crippen molar-refractivity contribution in [1.82, 2.24) is 5.32 Å². The maximum atomic E-state index is 12.7. The van der Waals surface area contributed by atoms with Gasteiger partial charge in [-0.15, -0.1) is 0 Å². The number of aryl methyl sites for hydroxylation is 1. The van der Waals surface area contributed by atoms with Gasteiger partial charge < -0.3 is 10.1 Å². The number of amides is 1. The molecule has 1 N–H and O–H groups in total. The van der Waals surface area contributed by atoms with Crippen LogP contribution in [0.1, 0.15) is 18.9 Å². The minimum absolute atomic E-state index is 0.340. The van der Waals surface area contributed by atoms with Gasteiger partial charge >= 0.3 is 0 Å². The second-order valence-electron chi connectivity index (χ2n) is 7.52. The highest BCUT2D eigenvalue weighted by molar-refractivity contribution is 7.92. The first-order valence-electron chi connectivity index (χ1n) is 10.5. The van der Waals surface area contributed by atoms with Gasteiger partial charge in [0.15, 0.2) is 0 Å². The summed E-state index contributed by atoms with van der Waals surface area (Å²) in [7, 11) is -3.68. The molecule has 0 aromatic heterocycles. The predicted octanol–water partition coefficient (Wildman–Crippen LogP) is 4.38. The molecule has 7 heteroatoms. The summed E-state index contributed by atoms with van der Waals surface area (Å²) in [6.45, 7) is 2.06. The molecule has 6 nitrogen and oxygen atoms in total. The smallest absolute Gasteiger partial charge is 0.243 e. The zero-order valence-corrected chi connectivity index (χ0v) is 19.1. The first kappa shape index (κ1) is 23.3. The van der Waals surface area contributed by atoms with Crippen LogP contribution in [0.15, 0.2) is 84.9 Å². The summed E-state index contributed by atoms with van der Waals surface area (Å²) in [4.78, 5) is 12.7. The number of rotatable bonds is 10. The number of nitrogens with zero attached hydrogens (tertiary/aromatic N) is 1. The van der Waals surface area contributed by atoms with Crippen LogP contribution in [-0.2, 0) is 21.2 Å². The molecule has 0 saturated heterocycles. The number of nitrogens with one attached hydrogen (secondary N) is 1. The Labute approximate surface area is 189 Å². The first-order chi connectivity index (χ1) is 15.3. The number of carbonyl (C=O) groups is 1. The summed E-state index contributed by atoms with van der Waals surface area (Å²) in [6, 6.07) is 25.1. The van der Waals surface area contributed by atoms with Gasteiger partial charge in [-0.05, 0) is 61.7 Å². The number of benzene rings is 3. The van der Waals surface area contributed by atoms with E-state index in [2.05, 4.69) is 5.32 Å². The van der Waals surface area contributed by atoms with Crippen LogP contribution in [-0.4, -0.2) is 33.2 Å². The van der Waals surface area contributed by atoms with E-state index in [-0.39, 0.29) is 5.91 Å². The number of carbonyl (C=O) groups excluding carboxylic acids is 1. The number of hydrogen-bond acceptors (Lipinski definition) is 4. The first-order valence-corrected chi connectivity index (χ1v) is 12.3. The van der Waals surface area contributed by atoms with Gasteiger partial charge in [0.2, 0.25) is 15.9 Å². The molecule has 0 spiro atoms. The van der Waals surface area contributed by atoms with E-state index in [1.165, 1.54) is 5.56 Å². The molecule has 0 radical (unpaired) electrons. The van der Waals surface area contributed by atoms with E-state index in [0.29, 0.717) is 23.7 Å². The van der Waals surface area contributed by atoms with Crippen LogP contribution in [0.3, 0.4) is 0 Å². The molecule has 32 heavy (non-hydrogen) atoms. The number of ether oxygens (including phenoxy) is 1. The van der Waals surface area contributed by atoms with E-state index < -0.39 is 16.1 Å². The van der Waals surface area contributed by atoms with E-state index in [1.54, 1.807) is 31.2 Å². The van der Waals surface area contributed by atoms with Gasteiger partial charge in [0.05, 0.1) is 11.9 Å². The molecule has 3 aromatic carbocycles. The summed E-state index contributed by atoms with van der Waals surface area (Å²) >= 11 is 0. The molecule has 0 heterocycles. The van der Waals surface area contributed by atoms with E-state index in [9.17, 15) is 13.2 Å². The third-order valence-corrected chi connectivity index (χ3v) is 6.18. The summed E-state index contributed by atoms with van der Waals surface area (Å²) in [6.07, 6.45) is 2.71. The fraction of sp³-hybridized carbons (Fsp3) is 0.240. The van der Waals surface area contributed by atoms with Crippen molar-refractivity contribution < 1.29 is 17.9 Å². The quantitative estimate of drug-likeness (QED) is 0.463. The highest BCUT2D eigenvalue weighted by Crippen LogP contribution is 2.26. The van der Waals surface area contributed by atoms with Gasteiger partial charge in [-0.2, -0.15) is 0 Å². The zero-order valence-electron chi connectivity index (χ0n) is 18.3. The Kier molecular flexibility index (Phi) is 7.89. The third-order valence-electron chi connectivity index (χ3n) is 4.94. The van der Waals surface area contributed by atoms with E-state index in [1.807, 2.05) is 60.7 Å². The predicted molar refractivity (Wildman–Crippen MR) is 128 cm³/mol. The van der Waals surface area contributed by atoms with Crippen molar-refractivity contribution >= 4 is 21.6 Å². The van der Waals surface area contributed by atoms with Gasteiger partial charge in [-0.25, -0.2) is 8.42 Å². The van der Waals surface area contributed by atoms with Crippen LogP contribution in [0, 0.1) is 0 Å². The monoisotopic (exact) mass is 452 g/mol. The van der Waals surface area contributed by atoms with Gasteiger partial charge in [0.1, 0.15) is 17.5 Å². The van der Waals surface area contributed by atoms with Crippen LogP contribution in [0.25, 0.3) is 0 Å². The fourth-order valence-corrected chi connectivity index (χ4v) is 4.57. The van der Waals surface area contributed by atoms with Crippen molar-refractivity contribution in [2.45, 2.75) is 25.8 Å². The molecule has 0 saturated carbocycles. The zero-order chi connectivity index (χ0) is 23.0. The van der Waals surface area contributed by atoms with Crippen molar-refractivity contribution in [3.63, 3.8) is 0 Å². The molecule has 168 valence electrons. The molecule has 3 aromatic rings. The minimum Gasteiger partial charge on any atom is -0.457 e. The molecule has 0 bridgehead atoms. The Morgan fingerprint density at radius 1 is 0.906 bits per heavy atom. The lowest BCUT2D eigenvalue weighted by Crippen LogP contribution is -2.48. The number of para-hydroxylation sites is 1. The van der Waals surface area contributed by atoms with Gasteiger partial charge in [-0.3, -0.25) is 9.10 Å². The van der Waals surface area contributed by atoms with Crippen LogP contribution in [0.4, 0.5) is 5.69 Å².